The molecule has 1 N–H and O–H groups in total. The third-order valence-electron chi connectivity index (χ3n) is 6.04. The average Bonchev–Trinajstić information content (AvgIpc) is 2.90. The van der Waals surface area contributed by atoms with Crippen LogP contribution in [0.1, 0.15) is 40.0 Å². The quantitative estimate of drug-likeness (QED) is 0.597. The van der Waals surface area contributed by atoms with Crippen molar-refractivity contribution < 1.29 is 23.9 Å². The van der Waals surface area contributed by atoms with Crippen LogP contribution in [0.4, 0.5) is 4.79 Å². The van der Waals surface area contributed by atoms with E-state index in [4.69, 9.17) is 4.74 Å². The van der Waals surface area contributed by atoms with E-state index in [1.165, 1.54) is 20.6 Å². The Morgan fingerprint density at radius 1 is 1.32 bits per heavy atom. The molecule has 2 bridgehead atoms. The summed E-state index contributed by atoms with van der Waals surface area (Å²) in [5.41, 5.74) is 3.68. The predicted molar refractivity (Wildman–Crippen MR) is 90.8 cm³/mol. The van der Waals surface area contributed by atoms with Crippen LogP contribution in [-0.2, 0) is 19.1 Å². The van der Waals surface area contributed by atoms with Gasteiger partial charge in [-0.05, 0) is 30.6 Å². The number of carbonyl (C=O) groups excluding carboxylic acids is 3. The molecule has 0 heterocycles. The van der Waals surface area contributed by atoms with Crippen LogP contribution in [0, 0.1) is 16.7 Å². The molecule has 0 radical (unpaired) electrons. The summed E-state index contributed by atoms with van der Waals surface area (Å²) in [5.74, 6) is -0.589. The Morgan fingerprint density at radius 3 is 2.52 bits per heavy atom. The molecule has 2 saturated carbocycles. The van der Waals surface area contributed by atoms with Crippen molar-refractivity contribution in [2.45, 2.75) is 40.0 Å². The predicted octanol–water partition coefficient (Wildman–Crippen LogP) is 1.55. The number of fused-ring (bicyclic) bond motifs is 2. The zero-order valence-corrected chi connectivity index (χ0v) is 15.5. The highest BCUT2D eigenvalue weighted by atomic mass is 16.6. The van der Waals surface area contributed by atoms with Crippen molar-refractivity contribution in [1.82, 2.24) is 10.3 Å². The Hall–Kier alpha value is -2.12. The first kappa shape index (κ1) is 19.2. The van der Waals surface area contributed by atoms with Crippen molar-refractivity contribution in [2.24, 2.45) is 21.8 Å². The standard InChI is InChI=1S/C17H27N3O5/c1-16(2)11-6-7-17(16,3)12(8-11)18-19-13(21)10-25-14(22)9-20(4)15(23)24-5/h11H,6-10H2,1-5H3,(H,19,21)/b18-12-. The highest BCUT2D eigenvalue weighted by Gasteiger charge is 2.60. The van der Waals surface area contributed by atoms with Crippen LogP contribution in [0.2, 0.25) is 0 Å². The minimum atomic E-state index is -0.691. The lowest BCUT2D eigenvalue weighted by Gasteiger charge is -2.34. The van der Waals surface area contributed by atoms with Gasteiger partial charge in [0, 0.05) is 18.2 Å². The maximum Gasteiger partial charge on any atom is 0.409 e. The van der Waals surface area contributed by atoms with Gasteiger partial charge in [0.2, 0.25) is 0 Å². The summed E-state index contributed by atoms with van der Waals surface area (Å²) in [5, 5.41) is 4.29. The smallest absolute Gasteiger partial charge is 0.409 e. The Balaban J connectivity index is 1.80. The molecule has 140 valence electrons. The SMILES string of the molecule is COC(=O)N(C)CC(=O)OCC(=O)N/N=C1/CC2CCC1(C)C2(C)C. The number of nitrogens with zero attached hydrogens (tertiary/aromatic N) is 2. The molecular formula is C17H27N3O5. The Morgan fingerprint density at radius 2 is 2.00 bits per heavy atom. The lowest BCUT2D eigenvalue weighted by molar-refractivity contribution is -0.149. The van der Waals surface area contributed by atoms with Gasteiger partial charge >= 0.3 is 12.1 Å². The van der Waals surface area contributed by atoms with Crippen LogP contribution in [-0.4, -0.2) is 55.9 Å². The summed E-state index contributed by atoms with van der Waals surface area (Å²) in [6.45, 7) is 5.99. The van der Waals surface area contributed by atoms with Crippen molar-refractivity contribution in [2.75, 3.05) is 27.3 Å². The molecule has 2 fully saturated rings. The first-order valence-electron chi connectivity index (χ1n) is 8.42. The van der Waals surface area contributed by atoms with E-state index < -0.39 is 24.6 Å². The van der Waals surface area contributed by atoms with Crippen molar-refractivity contribution in [3.05, 3.63) is 0 Å². The van der Waals surface area contributed by atoms with Gasteiger partial charge in [0.1, 0.15) is 6.54 Å². The van der Waals surface area contributed by atoms with Crippen LogP contribution >= 0.6 is 0 Å². The van der Waals surface area contributed by atoms with Crippen molar-refractivity contribution in [3.8, 4) is 0 Å². The van der Waals surface area contributed by atoms with Crippen LogP contribution in [0.25, 0.3) is 0 Å². The lowest BCUT2D eigenvalue weighted by Crippen LogP contribution is -2.36. The molecule has 2 aliphatic rings. The fourth-order valence-corrected chi connectivity index (χ4v) is 3.87. The van der Waals surface area contributed by atoms with E-state index in [2.05, 4.69) is 36.0 Å². The molecule has 0 aromatic carbocycles. The molecular weight excluding hydrogens is 326 g/mol. The number of amides is 2. The molecule has 25 heavy (non-hydrogen) atoms. The highest BCUT2D eigenvalue weighted by Crippen LogP contribution is 2.63. The van der Waals surface area contributed by atoms with Gasteiger partial charge in [0.15, 0.2) is 6.61 Å². The second-order valence-electron chi connectivity index (χ2n) is 7.57. The number of hydrogen-bond donors (Lipinski definition) is 1. The topological polar surface area (TPSA) is 97.3 Å². The molecule has 2 aliphatic carbocycles. The number of likely N-dealkylation sites (N-methyl/N-ethyl adjacent to an activating group) is 1. The van der Waals surface area contributed by atoms with E-state index >= 15 is 0 Å². The fraction of sp³-hybridized carbons (Fsp3) is 0.765. The molecule has 2 unspecified atom stereocenters. The average molecular weight is 353 g/mol. The van der Waals surface area contributed by atoms with Gasteiger partial charge in [0.05, 0.1) is 7.11 Å². The van der Waals surface area contributed by atoms with E-state index in [1.807, 2.05) is 0 Å². The molecule has 2 atom stereocenters. The molecule has 0 aromatic heterocycles. The van der Waals surface area contributed by atoms with E-state index in [0.717, 1.165) is 23.5 Å². The molecule has 0 aliphatic heterocycles. The van der Waals surface area contributed by atoms with Gasteiger partial charge < -0.3 is 14.4 Å². The second kappa shape index (κ2) is 7.01. The molecule has 2 rings (SSSR count). The van der Waals surface area contributed by atoms with Gasteiger partial charge in [-0.25, -0.2) is 10.2 Å². The van der Waals surface area contributed by atoms with E-state index in [9.17, 15) is 14.4 Å². The first-order chi connectivity index (χ1) is 11.6. The number of rotatable bonds is 5. The molecule has 2 amide bonds. The van der Waals surface area contributed by atoms with Gasteiger partial charge in [0.25, 0.3) is 5.91 Å². The van der Waals surface area contributed by atoms with E-state index in [1.54, 1.807) is 0 Å². The number of nitrogens with one attached hydrogen (secondary N) is 1. The highest BCUT2D eigenvalue weighted by molar-refractivity contribution is 5.95. The van der Waals surface area contributed by atoms with Gasteiger partial charge in [-0.15, -0.1) is 0 Å². The number of hydrazone groups is 1. The minimum absolute atomic E-state index is 0.00481. The third kappa shape index (κ3) is 3.62. The number of carbonyl (C=O) groups is 3. The van der Waals surface area contributed by atoms with E-state index in [0.29, 0.717) is 5.92 Å². The van der Waals surface area contributed by atoms with Crippen LogP contribution in [0.3, 0.4) is 0 Å². The number of methoxy groups -OCH3 is 1. The molecule has 0 saturated heterocycles. The monoisotopic (exact) mass is 353 g/mol. The largest absolute Gasteiger partial charge is 0.454 e. The van der Waals surface area contributed by atoms with E-state index in [-0.39, 0.29) is 17.4 Å². The lowest BCUT2D eigenvalue weighted by atomic mass is 9.70. The van der Waals surface area contributed by atoms with Crippen LogP contribution in [0.5, 0.6) is 0 Å². The van der Waals surface area contributed by atoms with Crippen LogP contribution in [0.15, 0.2) is 5.10 Å². The summed E-state index contributed by atoms with van der Waals surface area (Å²) in [4.78, 5) is 35.7. The van der Waals surface area contributed by atoms with Gasteiger partial charge in [-0.2, -0.15) is 5.10 Å². The van der Waals surface area contributed by atoms with Crippen molar-refractivity contribution in [3.63, 3.8) is 0 Å². The van der Waals surface area contributed by atoms with Crippen molar-refractivity contribution >= 4 is 23.7 Å². The summed E-state index contributed by atoms with van der Waals surface area (Å²) < 4.78 is 9.31. The van der Waals surface area contributed by atoms with Crippen molar-refractivity contribution in [1.29, 1.82) is 0 Å². The maximum absolute atomic E-state index is 11.9. The summed E-state index contributed by atoms with van der Waals surface area (Å²) >= 11 is 0. The Bertz CT molecular complexity index is 601. The summed E-state index contributed by atoms with van der Waals surface area (Å²) in [6.07, 6.45) is 2.52. The Kier molecular flexibility index (Phi) is 5.39. The maximum atomic E-state index is 11.9. The molecule has 8 nitrogen and oxygen atoms in total. The molecule has 0 aromatic rings. The van der Waals surface area contributed by atoms with Gasteiger partial charge in [-0.3, -0.25) is 9.59 Å². The summed E-state index contributed by atoms with van der Waals surface area (Å²) in [6, 6.07) is 0. The third-order valence-corrected chi connectivity index (χ3v) is 6.04. The minimum Gasteiger partial charge on any atom is -0.454 e. The molecule has 0 spiro atoms. The molecule has 8 heteroatoms. The van der Waals surface area contributed by atoms with Crippen LogP contribution < -0.4 is 5.43 Å². The fourth-order valence-electron chi connectivity index (χ4n) is 3.87. The zero-order valence-electron chi connectivity index (χ0n) is 15.5. The Labute approximate surface area is 147 Å². The summed E-state index contributed by atoms with van der Waals surface area (Å²) in [7, 11) is 2.62. The second-order valence-corrected chi connectivity index (χ2v) is 7.57. The number of ether oxygens (including phenoxy) is 2. The number of esters is 1. The van der Waals surface area contributed by atoms with Gasteiger partial charge in [-0.1, -0.05) is 20.8 Å². The zero-order chi connectivity index (χ0) is 18.8. The normalized spacial score (nSPS) is 27.9. The number of hydrogen-bond acceptors (Lipinski definition) is 6. The first-order valence-corrected chi connectivity index (χ1v) is 8.42.